The second-order valence-electron chi connectivity index (χ2n) is 4.40. The van der Waals surface area contributed by atoms with Crippen LogP contribution < -0.4 is 15.8 Å². The third kappa shape index (κ3) is 3.75. The number of anilines is 2. The van der Waals surface area contributed by atoms with E-state index in [0.717, 1.165) is 5.56 Å². The predicted molar refractivity (Wildman–Crippen MR) is 80.8 cm³/mol. The molecule has 0 radical (unpaired) electrons. The van der Waals surface area contributed by atoms with E-state index in [4.69, 9.17) is 10.5 Å². The SMILES string of the molecule is CCOc1cc(NC(=O)Cc2ccccc2)ccc1N. The van der Waals surface area contributed by atoms with Gasteiger partial charge in [0.2, 0.25) is 5.91 Å². The Kier molecular flexibility index (Phi) is 4.60. The van der Waals surface area contributed by atoms with Gasteiger partial charge in [0.1, 0.15) is 5.75 Å². The van der Waals surface area contributed by atoms with Crippen LogP contribution in [0.4, 0.5) is 11.4 Å². The van der Waals surface area contributed by atoms with Gasteiger partial charge in [0.15, 0.2) is 0 Å². The van der Waals surface area contributed by atoms with Crippen LogP contribution >= 0.6 is 0 Å². The van der Waals surface area contributed by atoms with E-state index in [1.54, 1.807) is 18.2 Å². The second kappa shape index (κ2) is 6.61. The fourth-order valence-corrected chi connectivity index (χ4v) is 1.88. The number of nitrogen functional groups attached to an aromatic ring is 1. The van der Waals surface area contributed by atoms with E-state index in [1.165, 1.54) is 0 Å². The number of carbonyl (C=O) groups excluding carboxylic acids is 1. The van der Waals surface area contributed by atoms with Crippen molar-refractivity contribution in [1.82, 2.24) is 0 Å². The summed E-state index contributed by atoms with van der Waals surface area (Å²) in [5, 5.41) is 2.84. The van der Waals surface area contributed by atoms with Crippen LogP contribution in [-0.2, 0) is 11.2 Å². The first-order valence-corrected chi connectivity index (χ1v) is 6.55. The van der Waals surface area contributed by atoms with Crippen molar-refractivity contribution in [3.05, 3.63) is 54.1 Å². The van der Waals surface area contributed by atoms with E-state index in [-0.39, 0.29) is 5.91 Å². The maximum absolute atomic E-state index is 12.0. The first-order chi connectivity index (χ1) is 9.69. The maximum atomic E-state index is 12.0. The Morgan fingerprint density at radius 2 is 1.95 bits per heavy atom. The highest BCUT2D eigenvalue weighted by Crippen LogP contribution is 2.25. The van der Waals surface area contributed by atoms with Gasteiger partial charge in [0.05, 0.1) is 18.7 Å². The number of amides is 1. The maximum Gasteiger partial charge on any atom is 0.228 e. The first-order valence-electron chi connectivity index (χ1n) is 6.55. The molecule has 0 aliphatic rings. The van der Waals surface area contributed by atoms with E-state index in [1.807, 2.05) is 37.3 Å². The summed E-state index contributed by atoms with van der Waals surface area (Å²) in [6.45, 7) is 2.42. The zero-order chi connectivity index (χ0) is 14.4. The Morgan fingerprint density at radius 1 is 1.20 bits per heavy atom. The monoisotopic (exact) mass is 270 g/mol. The molecular weight excluding hydrogens is 252 g/mol. The molecule has 0 unspecified atom stereocenters. The highest BCUT2D eigenvalue weighted by molar-refractivity contribution is 5.92. The molecule has 0 bridgehead atoms. The zero-order valence-electron chi connectivity index (χ0n) is 11.4. The van der Waals surface area contributed by atoms with Gasteiger partial charge in [0.25, 0.3) is 0 Å². The van der Waals surface area contributed by atoms with Gasteiger partial charge in [-0.15, -0.1) is 0 Å². The Morgan fingerprint density at radius 3 is 2.65 bits per heavy atom. The second-order valence-corrected chi connectivity index (χ2v) is 4.40. The van der Waals surface area contributed by atoms with Crippen molar-refractivity contribution in [2.45, 2.75) is 13.3 Å². The van der Waals surface area contributed by atoms with Crippen LogP contribution in [-0.4, -0.2) is 12.5 Å². The first kappa shape index (κ1) is 13.9. The molecule has 0 heterocycles. The molecule has 2 rings (SSSR count). The number of hydrogen-bond acceptors (Lipinski definition) is 3. The molecule has 0 atom stereocenters. The van der Waals surface area contributed by atoms with Crippen LogP contribution in [0.15, 0.2) is 48.5 Å². The van der Waals surface area contributed by atoms with Crippen molar-refractivity contribution >= 4 is 17.3 Å². The van der Waals surface area contributed by atoms with Crippen LogP contribution in [0.3, 0.4) is 0 Å². The fourth-order valence-electron chi connectivity index (χ4n) is 1.88. The molecule has 0 fully saturated rings. The zero-order valence-corrected chi connectivity index (χ0v) is 11.4. The molecule has 2 aromatic carbocycles. The largest absolute Gasteiger partial charge is 0.492 e. The molecule has 104 valence electrons. The smallest absolute Gasteiger partial charge is 0.228 e. The van der Waals surface area contributed by atoms with Gasteiger partial charge in [-0.05, 0) is 24.6 Å². The quantitative estimate of drug-likeness (QED) is 0.821. The van der Waals surface area contributed by atoms with Gasteiger partial charge in [-0.25, -0.2) is 0 Å². The van der Waals surface area contributed by atoms with Crippen molar-refractivity contribution in [3.63, 3.8) is 0 Å². The molecule has 4 heteroatoms. The minimum atomic E-state index is -0.0663. The summed E-state index contributed by atoms with van der Waals surface area (Å²) in [7, 11) is 0. The van der Waals surface area contributed by atoms with Gasteiger partial charge in [0, 0.05) is 11.8 Å². The Hall–Kier alpha value is -2.49. The molecular formula is C16H18N2O2. The van der Waals surface area contributed by atoms with Gasteiger partial charge in [-0.2, -0.15) is 0 Å². The van der Waals surface area contributed by atoms with Gasteiger partial charge in [-0.3, -0.25) is 4.79 Å². The van der Waals surface area contributed by atoms with Crippen LogP contribution in [0.2, 0.25) is 0 Å². The lowest BCUT2D eigenvalue weighted by Gasteiger charge is -2.10. The lowest BCUT2D eigenvalue weighted by Crippen LogP contribution is -2.14. The van der Waals surface area contributed by atoms with Crippen molar-refractivity contribution in [2.24, 2.45) is 0 Å². The van der Waals surface area contributed by atoms with Gasteiger partial charge < -0.3 is 15.8 Å². The van der Waals surface area contributed by atoms with Crippen molar-refractivity contribution < 1.29 is 9.53 Å². The van der Waals surface area contributed by atoms with Crippen LogP contribution in [0, 0.1) is 0 Å². The van der Waals surface area contributed by atoms with Gasteiger partial charge >= 0.3 is 0 Å². The molecule has 0 saturated carbocycles. The summed E-state index contributed by atoms with van der Waals surface area (Å²) in [5.74, 6) is 0.522. The summed E-state index contributed by atoms with van der Waals surface area (Å²) in [4.78, 5) is 12.0. The highest BCUT2D eigenvalue weighted by Gasteiger charge is 2.06. The predicted octanol–water partition coefficient (Wildman–Crippen LogP) is 2.85. The standard InChI is InChI=1S/C16H18N2O2/c1-2-20-15-11-13(8-9-14(15)17)18-16(19)10-12-6-4-3-5-7-12/h3-9,11H,2,10,17H2,1H3,(H,18,19). The van der Waals surface area contributed by atoms with E-state index in [0.29, 0.717) is 30.2 Å². The van der Waals surface area contributed by atoms with Crippen LogP contribution in [0.5, 0.6) is 5.75 Å². The minimum Gasteiger partial charge on any atom is -0.492 e. The van der Waals surface area contributed by atoms with Crippen molar-refractivity contribution in [1.29, 1.82) is 0 Å². The average Bonchev–Trinajstić information content (AvgIpc) is 2.44. The summed E-state index contributed by atoms with van der Waals surface area (Å²) in [6.07, 6.45) is 0.342. The van der Waals surface area contributed by atoms with Crippen LogP contribution in [0.1, 0.15) is 12.5 Å². The fraction of sp³-hybridized carbons (Fsp3) is 0.188. The van der Waals surface area contributed by atoms with Crippen molar-refractivity contribution in [3.8, 4) is 5.75 Å². The summed E-state index contributed by atoms with van der Waals surface area (Å²) < 4.78 is 5.40. The number of hydrogen-bond donors (Lipinski definition) is 2. The molecule has 0 spiro atoms. The van der Waals surface area contributed by atoms with Crippen molar-refractivity contribution in [2.75, 3.05) is 17.7 Å². The Labute approximate surface area is 118 Å². The van der Waals surface area contributed by atoms with E-state index >= 15 is 0 Å². The normalized spacial score (nSPS) is 10.1. The molecule has 2 aromatic rings. The van der Waals surface area contributed by atoms with E-state index < -0.39 is 0 Å². The van der Waals surface area contributed by atoms with Crippen LogP contribution in [0.25, 0.3) is 0 Å². The molecule has 0 aromatic heterocycles. The molecule has 20 heavy (non-hydrogen) atoms. The third-order valence-electron chi connectivity index (χ3n) is 2.80. The summed E-state index contributed by atoms with van der Waals surface area (Å²) in [6, 6.07) is 14.8. The Bertz CT molecular complexity index is 582. The van der Waals surface area contributed by atoms with E-state index in [2.05, 4.69) is 5.32 Å². The molecule has 3 N–H and O–H groups in total. The van der Waals surface area contributed by atoms with Gasteiger partial charge in [-0.1, -0.05) is 30.3 Å². The molecule has 0 saturated heterocycles. The Balaban J connectivity index is 2.02. The molecule has 0 aliphatic carbocycles. The van der Waals surface area contributed by atoms with E-state index in [9.17, 15) is 4.79 Å². The third-order valence-corrected chi connectivity index (χ3v) is 2.80. The lowest BCUT2D eigenvalue weighted by molar-refractivity contribution is -0.115. The number of ether oxygens (including phenoxy) is 1. The summed E-state index contributed by atoms with van der Waals surface area (Å²) >= 11 is 0. The lowest BCUT2D eigenvalue weighted by atomic mass is 10.1. The number of carbonyl (C=O) groups is 1. The number of nitrogens with two attached hydrogens (primary N) is 1. The summed E-state index contributed by atoms with van der Waals surface area (Å²) in [5.41, 5.74) is 8.02. The topological polar surface area (TPSA) is 64.3 Å². The number of benzene rings is 2. The molecule has 0 aliphatic heterocycles. The average molecular weight is 270 g/mol. The number of nitrogens with one attached hydrogen (secondary N) is 1. The highest BCUT2D eigenvalue weighted by atomic mass is 16.5. The molecule has 1 amide bonds. The molecule has 4 nitrogen and oxygen atoms in total. The number of rotatable bonds is 5. The minimum absolute atomic E-state index is 0.0663.